The molecule has 2 aromatic carbocycles. The minimum atomic E-state index is -4.38. The summed E-state index contributed by atoms with van der Waals surface area (Å²) in [5, 5.41) is 4.05. The molecule has 162 valence electrons. The van der Waals surface area contributed by atoms with Crippen LogP contribution in [0.3, 0.4) is 0 Å². The largest absolute Gasteiger partial charge is 0.416 e. The topological polar surface area (TPSA) is 62.5 Å². The minimum absolute atomic E-state index is 0.0911. The molecule has 9 heteroatoms. The van der Waals surface area contributed by atoms with E-state index in [2.05, 4.69) is 10.1 Å². The van der Waals surface area contributed by atoms with Gasteiger partial charge in [-0.25, -0.2) is 0 Å². The van der Waals surface area contributed by atoms with E-state index in [4.69, 9.17) is 4.52 Å². The summed E-state index contributed by atoms with van der Waals surface area (Å²) in [5.74, 6) is 0.524. The van der Waals surface area contributed by atoms with Gasteiger partial charge in [-0.3, -0.25) is 4.79 Å². The van der Waals surface area contributed by atoms with Gasteiger partial charge in [0.1, 0.15) is 0 Å². The van der Waals surface area contributed by atoms with Crippen LogP contribution in [0.4, 0.5) is 18.9 Å². The number of rotatable bonds is 5. The van der Waals surface area contributed by atoms with E-state index in [9.17, 15) is 18.0 Å². The quantitative estimate of drug-likeness (QED) is 0.603. The zero-order chi connectivity index (χ0) is 22.2. The molecule has 1 amide bonds. The van der Waals surface area contributed by atoms with Crippen molar-refractivity contribution in [3.63, 3.8) is 0 Å². The lowest BCUT2D eigenvalue weighted by Gasteiger charge is -2.16. The fourth-order valence-corrected chi connectivity index (χ4v) is 3.54. The molecule has 1 aromatic heterocycles. The van der Waals surface area contributed by atoms with E-state index in [1.165, 1.54) is 12.1 Å². The molecule has 0 saturated carbocycles. The molecular weight excluding hydrogens is 409 g/mol. The van der Waals surface area contributed by atoms with Gasteiger partial charge in [0.25, 0.3) is 5.89 Å². The standard InChI is InChI=1S/C22H21F3N4O2/c1-28(2)18-9-5-15(6-10-18)21-26-20(27-31-21)16-11-19(30)29(13-16)12-14-3-7-17(8-4-14)22(23,24)25/h3-10,16H,11-13H2,1-2H3. The number of alkyl halides is 3. The average molecular weight is 430 g/mol. The Bertz CT molecular complexity index is 1060. The number of likely N-dealkylation sites (tertiary alicyclic amines) is 1. The lowest BCUT2D eigenvalue weighted by Crippen LogP contribution is -2.24. The van der Waals surface area contributed by atoms with Crippen molar-refractivity contribution in [1.82, 2.24) is 15.0 Å². The Hall–Kier alpha value is -3.36. The highest BCUT2D eigenvalue weighted by Gasteiger charge is 2.34. The van der Waals surface area contributed by atoms with Crippen molar-refractivity contribution in [1.29, 1.82) is 0 Å². The highest BCUT2D eigenvalue weighted by Crippen LogP contribution is 2.31. The molecule has 0 radical (unpaired) electrons. The summed E-state index contributed by atoms with van der Waals surface area (Å²) >= 11 is 0. The van der Waals surface area contributed by atoms with Crippen LogP contribution in [0.1, 0.15) is 29.3 Å². The molecule has 31 heavy (non-hydrogen) atoms. The lowest BCUT2D eigenvalue weighted by molar-refractivity contribution is -0.137. The average Bonchev–Trinajstić information content (AvgIpc) is 3.35. The van der Waals surface area contributed by atoms with Crippen LogP contribution in [-0.2, 0) is 17.5 Å². The summed E-state index contributed by atoms with van der Waals surface area (Å²) in [7, 11) is 3.90. The van der Waals surface area contributed by atoms with E-state index >= 15 is 0 Å². The Morgan fingerprint density at radius 2 is 1.77 bits per heavy atom. The van der Waals surface area contributed by atoms with Crippen molar-refractivity contribution in [3.8, 4) is 11.5 Å². The highest BCUT2D eigenvalue weighted by atomic mass is 19.4. The number of nitrogens with zero attached hydrogens (tertiary/aromatic N) is 4. The van der Waals surface area contributed by atoms with Crippen molar-refractivity contribution in [2.75, 3.05) is 25.5 Å². The second-order valence-electron chi connectivity index (χ2n) is 7.77. The first-order chi connectivity index (χ1) is 14.7. The maximum Gasteiger partial charge on any atom is 0.416 e. The van der Waals surface area contributed by atoms with Crippen LogP contribution in [0, 0.1) is 0 Å². The third-order valence-electron chi connectivity index (χ3n) is 5.31. The highest BCUT2D eigenvalue weighted by molar-refractivity contribution is 5.79. The van der Waals surface area contributed by atoms with Gasteiger partial charge in [0.2, 0.25) is 5.91 Å². The first kappa shape index (κ1) is 20.9. The van der Waals surface area contributed by atoms with Gasteiger partial charge in [-0.05, 0) is 42.0 Å². The SMILES string of the molecule is CN(C)c1ccc(-c2nc(C3CC(=O)N(Cc4ccc(C(F)(F)F)cc4)C3)no2)cc1. The number of aromatic nitrogens is 2. The molecule has 6 nitrogen and oxygen atoms in total. The van der Waals surface area contributed by atoms with Crippen LogP contribution in [0.5, 0.6) is 0 Å². The third kappa shape index (κ3) is 4.55. The van der Waals surface area contributed by atoms with Crippen molar-refractivity contribution in [2.45, 2.75) is 25.1 Å². The van der Waals surface area contributed by atoms with E-state index in [1.54, 1.807) is 4.90 Å². The van der Waals surface area contributed by atoms with E-state index in [-0.39, 0.29) is 24.8 Å². The molecule has 4 rings (SSSR count). The fourth-order valence-electron chi connectivity index (χ4n) is 3.54. The number of amides is 1. The lowest BCUT2D eigenvalue weighted by atomic mass is 10.1. The summed E-state index contributed by atoms with van der Waals surface area (Å²) in [6, 6.07) is 12.5. The smallest absolute Gasteiger partial charge is 0.378 e. The van der Waals surface area contributed by atoms with Gasteiger partial charge < -0.3 is 14.3 Å². The van der Waals surface area contributed by atoms with Gasteiger partial charge in [-0.2, -0.15) is 18.2 Å². The van der Waals surface area contributed by atoms with Gasteiger partial charge >= 0.3 is 6.18 Å². The van der Waals surface area contributed by atoms with Crippen LogP contribution in [0.15, 0.2) is 53.1 Å². The van der Waals surface area contributed by atoms with Crippen LogP contribution in [0.25, 0.3) is 11.5 Å². The maximum atomic E-state index is 12.7. The van der Waals surface area contributed by atoms with Crippen molar-refractivity contribution in [3.05, 3.63) is 65.5 Å². The fraction of sp³-hybridized carbons (Fsp3) is 0.318. The van der Waals surface area contributed by atoms with Gasteiger partial charge in [0.05, 0.1) is 5.56 Å². The summed E-state index contributed by atoms with van der Waals surface area (Å²) < 4.78 is 43.5. The molecule has 0 spiro atoms. The predicted octanol–water partition coefficient (Wildman–Crippen LogP) is 4.34. The molecule has 3 aromatic rings. The molecule has 0 aliphatic carbocycles. The Labute approximate surface area is 177 Å². The van der Waals surface area contributed by atoms with Gasteiger partial charge in [0, 0.05) is 50.8 Å². The molecule has 1 unspecified atom stereocenters. The summed E-state index contributed by atoms with van der Waals surface area (Å²) in [5.41, 5.74) is 1.76. The van der Waals surface area contributed by atoms with Crippen LogP contribution < -0.4 is 4.90 Å². The monoisotopic (exact) mass is 430 g/mol. The molecule has 1 saturated heterocycles. The zero-order valence-corrected chi connectivity index (χ0v) is 17.1. The van der Waals surface area contributed by atoms with Crippen molar-refractivity contribution in [2.24, 2.45) is 0 Å². The van der Waals surface area contributed by atoms with E-state index in [0.717, 1.165) is 23.4 Å². The molecule has 0 bridgehead atoms. The number of carbonyl (C=O) groups is 1. The Morgan fingerprint density at radius 3 is 2.39 bits per heavy atom. The number of anilines is 1. The summed E-state index contributed by atoms with van der Waals surface area (Å²) in [6.07, 6.45) is -4.14. The molecule has 1 aliphatic rings. The molecule has 1 aliphatic heterocycles. The zero-order valence-electron chi connectivity index (χ0n) is 17.1. The second-order valence-corrected chi connectivity index (χ2v) is 7.77. The Kier molecular flexibility index (Phi) is 5.43. The Balaban J connectivity index is 1.42. The molecule has 1 fully saturated rings. The van der Waals surface area contributed by atoms with Gasteiger partial charge in [-0.15, -0.1) is 0 Å². The first-order valence-electron chi connectivity index (χ1n) is 9.76. The number of hydrogen-bond acceptors (Lipinski definition) is 5. The van der Waals surface area contributed by atoms with Gasteiger partial charge in [0.15, 0.2) is 5.82 Å². The minimum Gasteiger partial charge on any atom is -0.378 e. The number of carbonyl (C=O) groups excluding carboxylic acids is 1. The molecular formula is C22H21F3N4O2. The van der Waals surface area contributed by atoms with E-state index in [1.807, 2.05) is 43.3 Å². The maximum absolute atomic E-state index is 12.7. The number of benzene rings is 2. The summed E-state index contributed by atoms with van der Waals surface area (Å²) in [4.78, 5) is 20.5. The first-order valence-corrected chi connectivity index (χ1v) is 9.76. The second kappa shape index (κ2) is 8.05. The van der Waals surface area contributed by atoms with E-state index < -0.39 is 11.7 Å². The predicted molar refractivity (Wildman–Crippen MR) is 108 cm³/mol. The Morgan fingerprint density at radius 1 is 1.10 bits per heavy atom. The summed E-state index contributed by atoms with van der Waals surface area (Å²) in [6.45, 7) is 0.628. The molecule has 0 N–H and O–H groups in total. The normalized spacial score (nSPS) is 16.7. The molecule has 2 heterocycles. The van der Waals surface area contributed by atoms with E-state index in [0.29, 0.717) is 23.8 Å². The van der Waals surface area contributed by atoms with Gasteiger partial charge in [-0.1, -0.05) is 17.3 Å². The third-order valence-corrected chi connectivity index (χ3v) is 5.31. The van der Waals surface area contributed by atoms with Crippen LogP contribution in [0.2, 0.25) is 0 Å². The van der Waals surface area contributed by atoms with Crippen LogP contribution in [-0.4, -0.2) is 41.6 Å². The van der Waals surface area contributed by atoms with Crippen molar-refractivity contribution < 1.29 is 22.5 Å². The number of halogens is 3. The number of hydrogen-bond donors (Lipinski definition) is 0. The van der Waals surface area contributed by atoms with Crippen LogP contribution >= 0.6 is 0 Å². The molecule has 1 atom stereocenters. The van der Waals surface area contributed by atoms with Crippen molar-refractivity contribution >= 4 is 11.6 Å².